The molecule has 0 atom stereocenters. The summed E-state index contributed by atoms with van der Waals surface area (Å²) in [6.45, 7) is 3.39. The summed E-state index contributed by atoms with van der Waals surface area (Å²) >= 11 is 1.06. The highest BCUT2D eigenvalue weighted by Gasteiger charge is 2.20. The molecule has 9 heteroatoms. The smallest absolute Gasteiger partial charge is 0.340 e. The Kier molecular flexibility index (Phi) is 6.53. The molecule has 0 aliphatic heterocycles. The number of hydrogen-bond acceptors (Lipinski definition) is 6. The molecule has 0 spiro atoms. The van der Waals surface area contributed by atoms with Crippen molar-refractivity contribution in [2.45, 2.75) is 18.1 Å². The van der Waals surface area contributed by atoms with Gasteiger partial charge in [-0.05, 0) is 60.7 Å². The van der Waals surface area contributed by atoms with E-state index in [1.165, 1.54) is 18.2 Å². The van der Waals surface area contributed by atoms with Gasteiger partial charge in [0, 0.05) is 5.69 Å². The number of aryl methyl sites for hydroxylation is 2. The third kappa shape index (κ3) is 5.25. The maximum atomic E-state index is 12.5. The Morgan fingerprint density at radius 1 is 1.00 bits per heavy atom. The molecule has 0 unspecified atom stereocenters. The zero-order valence-corrected chi connectivity index (χ0v) is 18.0. The molecule has 0 saturated heterocycles. The van der Waals surface area contributed by atoms with Gasteiger partial charge < -0.3 is 10.1 Å². The third-order valence-corrected chi connectivity index (χ3v) is 7.04. The van der Waals surface area contributed by atoms with Crippen LogP contribution < -0.4 is 10.0 Å². The molecule has 156 valence electrons. The van der Waals surface area contributed by atoms with Gasteiger partial charge in [0.2, 0.25) is 0 Å². The van der Waals surface area contributed by atoms with Crippen LogP contribution in [0, 0.1) is 13.8 Å². The van der Waals surface area contributed by atoms with Gasteiger partial charge in [-0.1, -0.05) is 24.3 Å². The van der Waals surface area contributed by atoms with E-state index >= 15 is 0 Å². The Bertz CT molecular complexity index is 1170. The predicted molar refractivity (Wildman–Crippen MR) is 116 cm³/mol. The number of hydrogen-bond donors (Lipinski definition) is 2. The van der Waals surface area contributed by atoms with Gasteiger partial charge >= 0.3 is 5.97 Å². The molecule has 0 saturated carbocycles. The summed E-state index contributed by atoms with van der Waals surface area (Å²) in [5, 5.41) is 4.30. The number of para-hydroxylation sites is 1. The summed E-state index contributed by atoms with van der Waals surface area (Å²) in [7, 11) is -3.82. The minimum absolute atomic E-state index is 0.0108. The largest absolute Gasteiger partial charge is 0.452 e. The molecule has 0 radical (unpaired) electrons. The molecule has 1 amide bonds. The highest BCUT2D eigenvalue weighted by molar-refractivity contribution is 7.94. The maximum Gasteiger partial charge on any atom is 0.340 e. The van der Waals surface area contributed by atoms with E-state index < -0.39 is 28.5 Å². The van der Waals surface area contributed by atoms with Gasteiger partial charge in [-0.15, -0.1) is 11.3 Å². The maximum absolute atomic E-state index is 12.5. The highest BCUT2D eigenvalue weighted by atomic mass is 32.2. The number of rotatable bonds is 7. The van der Waals surface area contributed by atoms with Crippen molar-refractivity contribution in [3.63, 3.8) is 0 Å². The third-order valence-electron chi connectivity index (χ3n) is 4.28. The predicted octanol–water partition coefficient (Wildman–Crippen LogP) is 3.96. The van der Waals surface area contributed by atoms with Gasteiger partial charge in [0.05, 0.1) is 11.3 Å². The van der Waals surface area contributed by atoms with Crippen molar-refractivity contribution in [1.82, 2.24) is 0 Å². The number of esters is 1. The molecule has 0 fully saturated rings. The van der Waals surface area contributed by atoms with Crippen LogP contribution in [0.1, 0.15) is 21.5 Å². The number of thiophene rings is 1. The number of ether oxygens (including phenoxy) is 1. The second-order valence-corrected chi connectivity index (χ2v) is 9.36. The van der Waals surface area contributed by atoms with Crippen LogP contribution in [0.3, 0.4) is 0 Å². The monoisotopic (exact) mass is 444 g/mol. The average Bonchev–Trinajstić information content (AvgIpc) is 3.25. The molecule has 30 heavy (non-hydrogen) atoms. The Morgan fingerprint density at radius 3 is 2.47 bits per heavy atom. The number of carbonyl (C=O) groups excluding carboxylic acids is 2. The van der Waals surface area contributed by atoms with Crippen LogP contribution in [0.4, 0.5) is 11.4 Å². The van der Waals surface area contributed by atoms with Gasteiger partial charge in [0.15, 0.2) is 6.61 Å². The van der Waals surface area contributed by atoms with Crippen LogP contribution in [0.5, 0.6) is 0 Å². The Hall–Kier alpha value is -3.17. The van der Waals surface area contributed by atoms with Crippen molar-refractivity contribution in [3.8, 4) is 0 Å². The van der Waals surface area contributed by atoms with E-state index in [0.717, 1.165) is 22.5 Å². The summed E-state index contributed by atoms with van der Waals surface area (Å²) in [5.41, 5.74) is 2.81. The SMILES string of the molecule is Cc1ccc(NC(=O)COC(=O)c2ccccc2NS(=O)(=O)c2cccs2)cc1C. The number of amides is 1. The highest BCUT2D eigenvalue weighted by Crippen LogP contribution is 2.23. The molecule has 3 aromatic rings. The first-order valence-corrected chi connectivity index (χ1v) is 11.3. The summed E-state index contributed by atoms with van der Waals surface area (Å²) in [6.07, 6.45) is 0. The van der Waals surface area contributed by atoms with Crippen LogP contribution in [0.15, 0.2) is 64.2 Å². The molecule has 1 heterocycles. The fourth-order valence-corrected chi connectivity index (χ4v) is 4.66. The molecule has 3 rings (SSSR count). The Balaban J connectivity index is 1.66. The lowest BCUT2D eigenvalue weighted by Crippen LogP contribution is -2.22. The standard InChI is InChI=1S/C21H20N2O5S2/c1-14-9-10-16(12-15(14)2)22-19(24)13-28-21(25)17-6-3-4-7-18(17)23-30(26,27)20-8-5-11-29-20/h3-12,23H,13H2,1-2H3,(H,22,24). The Morgan fingerprint density at radius 2 is 1.77 bits per heavy atom. The first kappa shape index (κ1) is 21.5. The van der Waals surface area contributed by atoms with Crippen molar-refractivity contribution in [2.24, 2.45) is 0 Å². The van der Waals surface area contributed by atoms with Gasteiger partial charge in [0.25, 0.3) is 15.9 Å². The minimum atomic E-state index is -3.82. The minimum Gasteiger partial charge on any atom is -0.452 e. The summed E-state index contributed by atoms with van der Waals surface area (Å²) in [6, 6.07) is 14.6. The Labute approximate surface area is 178 Å². The molecular formula is C21H20N2O5S2. The molecule has 0 aliphatic carbocycles. The van der Waals surface area contributed by atoms with E-state index in [1.54, 1.807) is 29.6 Å². The van der Waals surface area contributed by atoms with Crippen LogP contribution in [-0.2, 0) is 19.6 Å². The molecular weight excluding hydrogens is 424 g/mol. The van der Waals surface area contributed by atoms with Crippen molar-refractivity contribution in [2.75, 3.05) is 16.6 Å². The van der Waals surface area contributed by atoms with Crippen LogP contribution in [0.25, 0.3) is 0 Å². The quantitative estimate of drug-likeness (QED) is 0.537. The van der Waals surface area contributed by atoms with E-state index in [-0.39, 0.29) is 15.5 Å². The fraction of sp³-hybridized carbons (Fsp3) is 0.143. The number of carbonyl (C=O) groups is 2. The van der Waals surface area contributed by atoms with Crippen molar-refractivity contribution >= 4 is 44.6 Å². The molecule has 0 aliphatic rings. The van der Waals surface area contributed by atoms with Crippen LogP contribution in [0.2, 0.25) is 0 Å². The van der Waals surface area contributed by atoms with E-state index in [2.05, 4.69) is 10.0 Å². The number of anilines is 2. The summed E-state index contributed by atoms with van der Waals surface area (Å²) in [4.78, 5) is 24.6. The normalized spacial score (nSPS) is 11.0. The van der Waals surface area contributed by atoms with Crippen molar-refractivity contribution in [3.05, 3.63) is 76.7 Å². The molecule has 2 N–H and O–H groups in total. The van der Waals surface area contributed by atoms with Gasteiger partial charge in [0.1, 0.15) is 4.21 Å². The van der Waals surface area contributed by atoms with Crippen LogP contribution in [-0.4, -0.2) is 26.9 Å². The average molecular weight is 445 g/mol. The van der Waals surface area contributed by atoms with E-state index in [9.17, 15) is 18.0 Å². The number of nitrogens with one attached hydrogen (secondary N) is 2. The molecule has 1 aromatic heterocycles. The number of benzene rings is 2. The van der Waals surface area contributed by atoms with E-state index in [4.69, 9.17) is 4.74 Å². The zero-order chi connectivity index (χ0) is 21.7. The summed E-state index contributed by atoms with van der Waals surface area (Å²) < 4.78 is 32.5. The van der Waals surface area contributed by atoms with E-state index in [0.29, 0.717) is 5.69 Å². The van der Waals surface area contributed by atoms with Crippen molar-refractivity contribution in [1.29, 1.82) is 0 Å². The van der Waals surface area contributed by atoms with Crippen molar-refractivity contribution < 1.29 is 22.7 Å². The lowest BCUT2D eigenvalue weighted by Gasteiger charge is -2.12. The first-order valence-electron chi connectivity index (χ1n) is 8.96. The first-order chi connectivity index (χ1) is 14.3. The second-order valence-electron chi connectivity index (χ2n) is 6.51. The lowest BCUT2D eigenvalue weighted by molar-refractivity contribution is -0.119. The topological polar surface area (TPSA) is 102 Å². The lowest BCUT2D eigenvalue weighted by atomic mass is 10.1. The molecule has 0 bridgehead atoms. The van der Waals surface area contributed by atoms with Crippen LogP contribution >= 0.6 is 11.3 Å². The second kappa shape index (κ2) is 9.10. The fourth-order valence-electron chi connectivity index (χ4n) is 2.59. The van der Waals surface area contributed by atoms with Gasteiger partial charge in [-0.25, -0.2) is 13.2 Å². The molecule has 7 nitrogen and oxygen atoms in total. The number of sulfonamides is 1. The van der Waals surface area contributed by atoms with Gasteiger partial charge in [-0.2, -0.15) is 0 Å². The summed E-state index contributed by atoms with van der Waals surface area (Å²) in [5.74, 6) is -1.31. The molecule has 2 aromatic carbocycles. The zero-order valence-electron chi connectivity index (χ0n) is 16.3. The van der Waals surface area contributed by atoms with Gasteiger partial charge in [-0.3, -0.25) is 9.52 Å². The van der Waals surface area contributed by atoms with E-state index in [1.807, 2.05) is 26.0 Å².